The van der Waals surface area contributed by atoms with E-state index in [0.717, 1.165) is 16.8 Å². The van der Waals surface area contributed by atoms with Crippen LogP contribution in [0.3, 0.4) is 0 Å². The Morgan fingerprint density at radius 2 is 1.68 bits per heavy atom. The first kappa shape index (κ1) is 20.8. The molecule has 2 atom stereocenters. The van der Waals surface area contributed by atoms with Crippen LogP contribution >= 0.6 is 12.2 Å². The zero-order valence-electron chi connectivity index (χ0n) is 17.0. The number of anilines is 2. The largest absolute Gasteiger partial charge is 0.349 e. The van der Waals surface area contributed by atoms with Gasteiger partial charge in [0.05, 0.1) is 6.04 Å². The normalized spacial score (nSPS) is 18.0. The molecule has 1 fully saturated rings. The number of nitrogens with zero attached hydrogens (tertiary/aromatic N) is 1. The summed E-state index contributed by atoms with van der Waals surface area (Å²) in [5.41, 5.74) is 3.68. The topological polar surface area (TPSA) is 44.4 Å². The number of carbonyl (C=O) groups excluding carboxylic acids is 1. The van der Waals surface area contributed by atoms with Gasteiger partial charge in [0.15, 0.2) is 5.11 Å². The van der Waals surface area contributed by atoms with Crippen molar-refractivity contribution in [1.82, 2.24) is 5.32 Å². The number of hydrogen-bond donors (Lipinski definition) is 2. The highest BCUT2D eigenvalue weighted by Crippen LogP contribution is 2.30. The summed E-state index contributed by atoms with van der Waals surface area (Å²) in [5, 5.41) is 6.43. The van der Waals surface area contributed by atoms with Crippen molar-refractivity contribution in [2.75, 3.05) is 10.2 Å². The van der Waals surface area contributed by atoms with Gasteiger partial charge in [-0.3, -0.25) is 4.79 Å². The summed E-state index contributed by atoms with van der Waals surface area (Å²) in [7, 11) is 0. The van der Waals surface area contributed by atoms with Crippen LogP contribution in [0, 0.1) is 12.7 Å². The summed E-state index contributed by atoms with van der Waals surface area (Å²) < 4.78 is 13.1. The van der Waals surface area contributed by atoms with Gasteiger partial charge in [-0.1, -0.05) is 60.2 Å². The highest BCUT2D eigenvalue weighted by molar-refractivity contribution is 7.80. The van der Waals surface area contributed by atoms with Crippen molar-refractivity contribution in [3.8, 4) is 0 Å². The predicted molar refractivity (Wildman–Crippen MR) is 127 cm³/mol. The average Bonchev–Trinajstić information content (AvgIpc) is 2.78. The number of carbonyl (C=O) groups is 1. The van der Waals surface area contributed by atoms with Gasteiger partial charge < -0.3 is 15.5 Å². The lowest BCUT2D eigenvalue weighted by molar-refractivity contribution is -0.125. The molecule has 3 aromatic rings. The Labute approximate surface area is 186 Å². The molecular formula is C25H22FN3OS. The fourth-order valence-corrected chi connectivity index (χ4v) is 3.72. The molecule has 3 aromatic carbocycles. The summed E-state index contributed by atoms with van der Waals surface area (Å²) in [5.74, 6) is -0.381. The molecule has 0 spiro atoms. The summed E-state index contributed by atoms with van der Waals surface area (Å²) in [4.78, 5) is 14.8. The highest BCUT2D eigenvalue weighted by Gasteiger charge is 2.47. The smallest absolute Gasteiger partial charge is 0.252 e. The Morgan fingerprint density at radius 3 is 2.35 bits per heavy atom. The Balaban J connectivity index is 1.52. The minimum Gasteiger partial charge on any atom is -0.349 e. The van der Waals surface area contributed by atoms with Gasteiger partial charge in [-0.15, -0.1) is 0 Å². The van der Waals surface area contributed by atoms with Crippen molar-refractivity contribution in [1.29, 1.82) is 0 Å². The molecule has 0 aliphatic carbocycles. The molecule has 1 amide bonds. The molecule has 6 heteroatoms. The third kappa shape index (κ3) is 4.81. The van der Waals surface area contributed by atoms with Crippen LogP contribution in [0.15, 0.2) is 84.9 Å². The molecule has 1 saturated heterocycles. The molecule has 4 nitrogen and oxygen atoms in total. The third-order valence-electron chi connectivity index (χ3n) is 5.13. The molecule has 2 N–H and O–H groups in total. The van der Waals surface area contributed by atoms with E-state index < -0.39 is 6.04 Å². The quantitative estimate of drug-likeness (QED) is 0.445. The summed E-state index contributed by atoms with van der Waals surface area (Å²) in [6, 6.07) is 23.0. The first-order chi connectivity index (χ1) is 15.0. The minimum absolute atomic E-state index is 0.0604. The van der Waals surface area contributed by atoms with Gasteiger partial charge in [-0.25, -0.2) is 4.39 Å². The number of thiocarbonyl (C=S) groups is 1. The van der Waals surface area contributed by atoms with Crippen LogP contribution in [-0.2, 0) is 4.79 Å². The van der Waals surface area contributed by atoms with Gasteiger partial charge in [0.25, 0.3) is 5.91 Å². The number of benzene rings is 3. The van der Waals surface area contributed by atoms with Gasteiger partial charge in [-0.2, -0.15) is 0 Å². The Hall–Kier alpha value is -3.51. The number of hydrogen-bond acceptors (Lipinski definition) is 2. The van der Waals surface area contributed by atoms with Crippen molar-refractivity contribution < 1.29 is 9.18 Å². The monoisotopic (exact) mass is 431 g/mol. The van der Waals surface area contributed by atoms with Crippen LogP contribution in [0.1, 0.15) is 11.1 Å². The lowest BCUT2D eigenvalue weighted by atomic mass is 9.92. The number of aryl methyl sites for hydroxylation is 1. The molecule has 156 valence electrons. The van der Waals surface area contributed by atoms with E-state index in [4.69, 9.17) is 12.2 Å². The van der Waals surface area contributed by atoms with E-state index in [0.29, 0.717) is 10.8 Å². The lowest BCUT2D eigenvalue weighted by Crippen LogP contribution is -2.70. The highest BCUT2D eigenvalue weighted by atomic mass is 32.1. The first-order valence-corrected chi connectivity index (χ1v) is 10.4. The Morgan fingerprint density at radius 1 is 1.00 bits per heavy atom. The molecule has 0 saturated carbocycles. The van der Waals surface area contributed by atoms with Crippen LogP contribution in [0.5, 0.6) is 0 Å². The van der Waals surface area contributed by atoms with Gasteiger partial charge in [0, 0.05) is 11.4 Å². The van der Waals surface area contributed by atoms with Gasteiger partial charge in [-0.05, 0) is 61.1 Å². The number of rotatable bonds is 5. The van der Waals surface area contributed by atoms with Crippen molar-refractivity contribution in [2.24, 2.45) is 0 Å². The van der Waals surface area contributed by atoms with Crippen molar-refractivity contribution in [3.63, 3.8) is 0 Å². The van der Waals surface area contributed by atoms with Gasteiger partial charge >= 0.3 is 0 Å². The summed E-state index contributed by atoms with van der Waals surface area (Å²) >= 11 is 5.39. The minimum atomic E-state index is -0.498. The Kier molecular flexibility index (Phi) is 6.09. The molecule has 4 rings (SSSR count). The summed E-state index contributed by atoms with van der Waals surface area (Å²) in [6.45, 7) is 2.01. The fraction of sp³-hybridized carbons (Fsp3) is 0.120. The van der Waals surface area contributed by atoms with Crippen LogP contribution in [0.25, 0.3) is 6.08 Å². The van der Waals surface area contributed by atoms with Crippen LogP contribution < -0.4 is 15.5 Å². The van der Waals surface area contributed by atoms with E-state index in [2.05, 4.69) is 10.6 Å². The van der Waals surface area contributed by atoms with Gasteiger partial charge in [0.1, 0.15) is 11.9 Å². The molecule has 0 radical (unpaired) electrons. The molecule has 1 aliphatic heterocycles. The predicted octanol–water partition coefficient (Wildman–Crippen LogP) is 4.92. The molecule has 0 unspecified atom stereocenters. The van der Waals surface area contributed by atoms with Crippen LogP contribution in [-0.4, -0.2) is 23.1 Å². The second-order valence-corrected chi connectivity index (χ2v) is 7.80. The fourth-order valence-electron chi connectivity index (χ4n) is 3.47. The lowest BCUT2D eigenvalue weighted by Gasteiger charge is -2.46. The maximum absolute atomic E-state index is 13.1. The van der Waals surface area contributed by atoms with Crippen molar-refractivity contribution >= 4 is 40.7 Å². The van der Waals surface area contributed by atoms with Crippen molar-refractivity contribution in [2.45, 2.75) is 19.0 Å². The standard InChI is InChI=1S/C25H22FN3OS/c1-17-7-14-21(15-8-17)29-22(16-9-18-5-3-2-4-6-18)23(24(29)30)28-25(31)27-20-12-10-19(26)11-13-20/h2-16,22-23H,1H3,(H2,27,28,31)/b16-9+/t22-,23+/m1/s1. The second kappa shape index (κ2) is 9.10. The number of halogens is 1. The third-order valence-corrected chi connectivity index (χ3v) is 5.35. The zero-order chi connectivity index (χ0) is 21.8. The van der Waals surface area contributed by atoms with Crippen molar-refractivity contribution in [3.05, 3.63) is 102 Å². The van der Waals surface area contributed by atoms with Crippen LogP contribution in [0.4, 0.5) is 15.8 Å². The molecule has 1 heterocycles. The number of amides is 1. The van der Waals surface area contributed by atoms with Gasteiger partial charge in [0.2, 0.25) is 0 Å². The maximum Gasteiger partial charge on any atom is 0.252 e. The second-order valence-electron chi connectivity index (χ2n) is 7.39. The molecule has 31 heavy (non-hydrogen) atoms. The van der Waals surface area contributed by atoms with E-state index in [-0.39, 0.29) is 17.8 Å². The molecule has 0 aromatic heterocycles. The van der Waals surface area contributed by atoms with E-state index in [1.54, 1.807) is 17.0 Å². The van der Waals surface area contributed by atoms with E-state index in [1.807, 2.05) is 73.7 Å². The summed E-state index contributed by atoms with van der Waals surface area (Å²) in [6.07, 6.45) is 4.01. The number of β-lactam (4-membered cyclic amide) rings is 1. The Bertz CT molecular complexity index is 1100. The molecule has 1 aliphatic rings. The van der Waals surface area contributed by atoms with E-state index >= 15 is 0 Å². The van der Waals surface area contributed by atoms with E-state index in [9.17, 15) is 9.18 Å². The maximum atomic E-state index is 13.1. The zero-order valence-corrected chi connectivity index (χ0v) is 17.8. The van der Waals surface area contributed by atoms with E-state index in [1.165, 1.54) is 12.1 Å². The average molecular weight is 432 g/mol. The molecule has 0 bridgehead atoms. The first-order valence-electron chi connectivity index (χ1n) is 9.97. The molecular weight excluding hydrogens is 409 g/mol. The SMILES string of the molecule is Cc1ccc(N2C(=O)[C@@H](NC(=S)Nc3ccc(F)cc3)[C@H]2/C=C/c2ccccc2)cc1. The number of nitrogens with one attached hydrogen (secondary N) is 2. The van der Waals surface area contributed by atoms with Crippen LogP contribution in [0.2, 0.25) is 0 Å².